The van der Waals surface area contributed by atoms with E-state index in [9.17, 15) is 18.0 Å². The minimum Gasteiger partial charge on any atom is -0.272 e. The van der Waals surface area contributed by atoms with Gasteiger partial charge in [0.15, 0.2) is 0 Å². The number of benzene rings is 2. The minimum atomic E-state index is -3.79. The molecule has 9 heteroatoms. The fraction of sp³-hybridized carbons (Fsp3) is 0.222. The molecule has 2 N–H and O–H groups in total. The van der Waals surface area contributed by atoms with Crippen LogP contribution in [0.1, 0.15) is 15.9 Å². The number of sulfonamides is 1. The molecule has 0 unspecified atom stereocenters. The van der Waals surface area contributed by atoms with Crippen molar-refractivity contribution in [3.8, 4) is 0 Å². The average molecular weight is 408 g/mol. The van der Waals surface area contributed by atoms with Crippen molar-refractivity contribution in [2.75, 3.05) is 19.8 Å². The van der Waals surface area contributed by atoms with Gasteiger partial charge >= 0.3 is 0 Å². The van der Waals surface area contributed by atoms with Gasteiger partial charge in [-0.15, -0.1) is 11.8 Å². The molecular formula is C18H21N3O4S2. The van der Waals surface area contributed by atoms with Crippen LogP contribution in [-0.2, 0) is 14.8 Å². The van der Waals surface area contributed by atoms with Crippen LogP contribution >= 0.6 is 11.8 Å². The van der Waals surface area contributed by atoms with Gasteiger partial charge in [0.25, 0.3) is 11.8 Å². The maximum Gasteiger partial charge on any atom is 0.269 e. The Morgan fingerprint density at radius 3 is 2.15 bits per heavy atom. The zero-order chi connectivity index (χ0) is 20.0. The van der Waals surface area contributed by atoms with E-state index in [0.717, 1.165) is 14.8 Å². The van der Waals surface area contributed by atoms with E-state index in [0.29, 0.717) is 5.56 Å². The van der Waals surface area contributed by atoms with E-state index >= 15 is 0 Å². The quantitative estimate of drug-likeness (QED) is 0.562. The second-order valence-corrected chi connectivity index (χ2v) is 8.73. The summed E-state index contributed by atoms with van der Waals surface area (Å²) in [7, 11) is -2.49. The van der Waals surface area contributed by atoms with E-state index in [1.165, 1.54) is 19.2 Å². The van der Waals surface area contributed by atoms with Crippen LogP contribution in [0.3, 0.4) is 0 Å². The largest absolute Gasteiger partial charge is 0.272 e. The molecule has 2 aromatic carbocycles. The fourth-order valence-electron chi connectivity index (χ4n) is 2.16. The van der Waals surface area contributed by atoms with Gasteiger partial charge < -0.3 is 0 Å². The molecule has 0 aliphatic carbocycles. The predicted molar refractivity (Wildman–Crippen MR) is 105 cm³/mol. The van der Waals surface area contributed by atoms with Crippen LogP contribution in [0.2, 0.25) is 0 Å². The zero-order valence-electron chi connectivity index (χ0n) is 15.2. The summed E-state index contributed by atoms with van der Waals surface area (Å²) in [5.41, 5.74) is 5.81. The molecule has 0 bridgehead atoms. The number of carbonyl (C=O) groups is 2. The number of amides is 2. The molecule has 0 aliphatic rings. The Labute approximate surface area is 163 Å². The number of aryl methyl sites for hydroxylation is 1. The maximum atomic E-state index is 12.5. The number of hydrogen-bond acceptors (Lipinski definition) is 5. The third-order valence-corrected chi connectivity index (χ3v) is 6.32. The molecule has 0 aromatic heterocycles. The number of rotatable bonds is 6. The Bertz CT molecular complexity index is 911. The number of thioether (sulfide) groups is 1. The summed E-state index contributed by atoms with van der Waals surface area (Å²) in [6.45, 7) is 1.42. The first-order chi connectivity index (χ1) is 12.7. The SMILES string of the molecule is CSc1ccc(C(=O)NNC(=O)CN(C)S(=O)(=O)c2ccc(C)cc2)cc1. The molecule has 0 saturated heterocycles. The van der Waals surface area contributed by atoms with Crippen molar-refractivity contribution in [1.29, 1.82) is 0 Å². The number of likely N-dealkylation sites (N-methyl/N-ethyl adjacent to an activating group) is 1. The summed E-state index contributed by atoms with van der Waals surface area (Å²) in [5, 5.41) is 0. The van der Waals surface area contributed by atoms with Gasteiger partial charge in [-0.1, -0.05) is 17.7 Å². The number of carbonyl (C=O) groups excluding carboxylic acids is 2. The number of hydrazine groups is 1. The molecule has 0 saturated carbocycles. The topological polar surface area (TPSA) is 95.6 Å². The third-order valence-electron chi connectivity index (χ3n) is 3.76. The summed E-state index contributed by atoms with van der Waals surface area (Å²) in [6.07, 6.45) is 1.93. The van der Waals surface area contributed by atoms with E-state index in [1.807, 2.05) is 13.2 Å². The first-order valence-corrected chi connectivity index (χ1v) is 10.7. The standard InChI is InChI=1S/C18H21N3O4S2/c1-13-4-10-16(11-5-13)27(24,25)21(2)12-17(22)19-20-18(23)14-6-8-15(26-3)9-7-14/h4-11H,12H2,1-3H3,(H,19,22)(H,20,23). The molecule has 144 valence electrons. The number of hydrogen-bond donors (Lipinski definition) is 2. The first kappa shape index (κ1) is 20.9. The van der Waals surface area contributed by atoms with Crippen molar-refractivity contribution >= 4 is 33.6 Å². The van der Waals surface area contributed by atoms with Gasteiger partial charge in [0, 0.05) is 17.5 Å². The Morgan fingerprint density at radius 2 is 1.59 bits per heavy atom. The predicted octanol–water partition coefficient (Wildman–Crippen LogP) is 1.80. The van der Waals surface area contributed by atoms with Crippen molar-refractivity contribution in [3.63, 3.8) is 0 Å². The molecule has 0 fully saturated rings. The van der Waals surface area contributed by atoms with Crippen LogP contribution in [0, 0.1) is 6.92 Å². The third kappa shape index (κ3) is 5.56. The highest BCUT2D eigenvalue weighted by atomic mass is 32.2. The molecule has 2 rings (SSSR count). The van der Waals surface area contributed by atoms with Crippen molar-refractivity contribution in [2.45, 2.75) is 16.7 Å². The molecule has 27 heavy (non-hydrogen) atoms. The van der Waals surface area contributed by atoms with Gasteiger partial charge in [-0.2, -0.15) is 4.31 Å². The molecule has 7 nitrogen and oxygen atoms in total. The molecular weight excluding hydrogens is 386 g/mol. The maximum absolute atomic E-state index is 12.5. The lowest BCUT2D eigenvalue weighted by Crippen LogP contribution is -2.46. The van der Waals surface area contributed by atoms with Gasteiger partial charge in [0.05, 0.1) is 11.4 Å². The average Bonchev–Trinajstić information content (AvgIpc) is 2.66. The fourth-order valence-corrected chi connectivity index (χ4v) is 3.69. The highest BCUT2D eigenvalue weighted by Gasteiger charge is 2.23. The summed E-state index contributed by atoms with van der Waals surface area (Å²) in [4.78, 5) is 25.1. The van der Waals surface area contributed by atoms with Crippen LogP contribution in [0.5, 0.6) is 0 Å². The minimum absolute atomic E-state index is 0.0984. The lowest BCUT2D eigenvalue weighted by Gasteiger charge is -2.17. The normalized spacial score (nSPS) is 11.3. The Hall–Kier alpha value is -2.36. The second-order valence-electron chi connectivity index (χ2n) is 5.80. The van der Waals surface area contributed by atoms with Crippen LogP contribution < -0.4 is 10.9 Å². The second kappa shape index (κ2) is 9.03. The smallest absolute Gasteiger partial charge is 0.269 e. The lowest BCUT2D eigenvalue weighted by molar-refractivity contribution is -0.121. The zero-order valence-corrected chi connectivity index (χ0v) is 16.9. The van der Waals surface area contributed by atoms with E-state index in [2.05, 4.69) is 10.9 Å². The van der Waals surface area contributed by atoms with Crippen LogP contribution in [0.15, 0.2) is 58.3 Å². The first-order valence-electron chi connectivity index (χ1n) is 8.00. The number of nitrogens with zero attached hydrogens (tertiary/aromatic N) is 1. The summed E-state index contributed by atoms with van der Waals surface area (Å²) < 4.78 is 25.8. The Kier molecular flexibility index (Phi) is 7.00. The van der Waals surface area contributed by atoms with Crippen molar-refractivity contribution in [3.05, 3.63) is 59.7 Å². The summed E-state index contributed by atoms with van der Waals surface area (Å²) in [6, 6.07) is 13.2. The molecule has 0 heterocycles. The van der Waals surface area contributed by atoms with Crippen molar-refractivity contribution in [1.82, 2.24) is 15.2 Å². The van der Waals surface area contributed by atoms with Gasteiger partial charge in [-0.3, -0.25) is 20.4 Å². The monoisotopic (exact) mass is 407 g/mol. The summed E-state index contributed by atoms with van der Waals surface area (Å²) in [5.74, 6) is -1.14. The van der Waals surface area contributed by atoms with Crippen LogP contribution in [-0.4, -0.2) is 44.4 Å². The lowest BCUT2D eigenvalue weighted by atomic mass is 10.2. The van der Waals surface area contributed by atoms with Gasteiger partial charge in [-0.25, -0.2) is 8.42 Å². The van der Waals surface area contributed by atoms with E-state index < -0.39 is 28.4 Å². The molecule has 0 radical (unpaired) electrons. The van der Waals surface area contributed by atoms with Gasteiger partial charge in [0.2, 0.25) is 10.0 Å². The van der Waals surface area contributed by atoms with Crippen molar-refractivity contribution < 1.29 is 18.0 Å². The van der Waals surface area contributed by atoms with E-state index in [4.69, 9.17) is 0 Å². The highest BCUT2D eigenvalue weighted by molar-refractivity contribution is 7.98. The van der Waals surface area contributed by atoms with E-state index in [-0.39, 0.29) is 4.90 Å². The molecule has 0 aliphatic heterocycles. The van der Waals surface area contributed by atoms with E-state index in [1.54, 1.807) is 48.2 Å². The van der Waals surface area contributed by atoms with Gasteiger partial charge in [0.1, 0.15) is 0 Å². The Balaban J connectivity index is 1.92. The van der Waals surface area contributed by atoms with Gasteiger partial charge in [-0.05, 0) is 49.6 Å². The molecule has 0 atom stereocenters. The van der Waals surface area contributed by atoms with Crippen LogP contribution in [0.25, 0.3) is 0 Å². The van der Waals surface area contributed by atoms with Crippen LogP contribution in [0.4, 0.5) is 0 Å². The molecule has 2 amide bonds. The Morgan fingerprint density at radius 1 is 1.00 bits per heavy atom. The number of nitrogens with one attached hydrogen (secondary N) is 2. The molecule has 2 aromatic rings. The molecule has 0 spiro atoms. The van der Waals surface area contributed by atoms with Crippen molar-refractivity contribution in [2.24, 2.45) is 0 Å². The summed E-state index contributed by atoms with van der Waals surface area (Å²) >= 11 is 1.55. The highest BCUT2D eigenvalue weighted by Crippen LogP contribution is 2.15.